The summed E-state index contributed by atoms with van der Waals surface area (Å²) < 4.78 is 1.22. The lowest BCUT2D eigenvalue weighted by Gasteiger charge is -2.29. The molecular formula is C17H25BrN2. The highest BCUT2D eigenvalue weighted by Crippen LogP contribution is 2.34. The van der Waals surface area contributed by atoms with Gasteiger partial charge in [0.05, 0.1) is 0 Å². The molecule has 2 fully saturated rings. The average molecular weight is 337 g/mol. The van der Waals surface area contributed by atoms with Crippen LogP contribution in [0, 0.1) is 5.92 Å². The van der Waals surface area contributed by atoms with E-state index in [1.807, 2.05) is 0 Å². The van der Waals surface area contributed by atoms with E-state index in [2.05, 4.69) is 57.8 Å². The van der Waals surface area contributed by atoms with Gasteiger partial charge < -0.3 is 10.6 Å². The lowest BCUT2D eigenvalue weighted by Crippen LogP contribution is -2.43. The van der Waals surface area contributed by atoms with Crippen LogP contribution in [0.4, 0.5) is 0 Å². The Bertz CT molecular complexity index is 442. The van der Waals surface area contributed by atoms with E-state index in [-0.39, 0.29) is 0 Å². The van der Waals surface area contributed by atoms with Gasteiger partial charge in [-0.15, -0.1) is 0 Å². The quantitative estimate of drug-likeness (QED) is 0.867. The largest absolute Gasteiger partial charge is 0.314 e. The van der Waals surface area contributed by atoms with Crippen LogP contribution in [0.15, 0.2) is 28.7 Å². The second-order valence-corrected chi connectivity index (χ2v) is 7.17. The Hall–Kier alpha value is -0.380. The normalized spacial score (nSPS) is 31.6. The number of rotatable bonds is 4. The van der Waals surface area contributed by atoms with E-state index in [0.717, 1.165) is 12.0 Å². The summed E-state index contributed by atoms with van der Waals surface area (Å²) in [4.78, 5) is 0. The molecule has 2 aliphatic rings. The Morgan fingerprint density at radius 1 is 1.20 bits per heavy atom. The maximum atomic E-state index is 3.89. The molecule has 1 aromatic carbocycles. The van der Waals surface area contributed by atoms with Gasteiger partial charge in [0.15, 0.2) is 0 Å². The summed E-state index contributed by atoms with van der Waals surface area (Å²) in [5, 5.41) is 7.60. The van der Waals surface area contributed by atoms with Gasteiger partial charge in [-0.05, 0) is 56.7 Å². The molecule has 1 saturated carbocycles. The highest BCUT2D eigenvalue weighted by atomic mass is 79.9. The molecule has 20 heavy (non-hydrogen) atoms. The maximum Gasteiger partial charge on any atom is 0.0305 e. The summed E-state index contributed by atoms with van der Waals surface area (Å²) in [5.74, 6) is 0.822. The summed E-state index contributed by atoms with van der Waals surface area (Å²) >= 11 is 3.68. The summed E-state index contributed by atoms with van der Waals surface area (Å²) in [6.07, 6.45) is 6.82. The van der Waals surface area contributed by atoms with Crippen molar-refractivity contribution < 1.29 is 0 Å². The summed E-state index contributed by atoms with van der Waals surface area (Å²) in [5.41, 5.74) is 1.37. The van der Waals surface area contributed by atoms with Crippen molar-refractivity contribution in [2.45, 2.75) is 57.2 Å². The van der Waals surface area contributed by atoms with E-state index >= 15 is 0 Å². The smallest absolute Gasteiger partial charge is 0.0305 e. The van der Waals surface area contributed by atoms with E-state index in [0.29, 0.717) is 12.1 Å². The minimum Gasteiger partial charge on any atom is -0.314 e. The number of benzene rings is 1. The van der Waals surface area contributed by atoms with Crippen LogP contribution in [-0.4, -0.2) is 18.6 Å². The van der Waals surface area contributed by atoms with Crippen LogP contribution in [0.3, 0.4) is 0 Å². The molecule has 2 N–H and O–H groups in total. The van der Waals surface area contributed by atoms with Crippen molar-refractivity contribution >= 4 is 15.9 Å². The van der Waals surface area contributed by atoms with E-state index in [9.17, 15) is 0 Å². The van der Waals surface area contributed by atoms with Crippen molar-refractivity contribution in [2.24, 2.45) is 5.92 Å². The topological polar surface area (TPSA) is 24.1 Å². The molecule has 3 heteroatoms. The minimum atomic E-state index is 0.414. The Labute approximate surface area is 130 Å². The first-order valence-corrected chi connectivity index (χ1v) is 8.79. The summed E-state index contributed by atoms with van der Waals surface area (Å²) in [6.45, 7) is 3.51. The first kappa shape index (κ1) is 14.6. The van der Waals surface area contributed by atoms with Crippen molar-refractivity contribution in [3.8, 4) is 0 Å². The fourth-order valence-corrected chi connectivity index (χ4v) is 4.62. The Morgan fingerprint density at radius 3 is 2.80 bits per heavy atom. The lowest BCUT2D eigenvalue weighted by atomic mass is 9.92. The fourth-order valence-electron chi connectivity index (χ4n) is 3.99. The zero-order chi connectivity index (χ0) is 13.9. The third kappa shape index (κ3) is 3.10. The Morgan fingerprint density at radius 2 is 2.05 bits per heavy atom. The molecule has 0 radical (unpaired) electrons. The maximum absolute atomic E-state index is 3.89. The van der Waals surface area contributed by atoms with Gasteiger partial charge in [0, 0.05) is 22.6 Å². The van der Waals surface area contributed by atoms with Crippen LogP contribution in [0.5, 0.6) is 0 Å². The average Bonchev–Trinajstić information content (AvgIpc) is 3.09. The van der Waals surface area contributed by atoms with E-state index < -0.39 is 0 Å². The molecule has 0 aromatic heterocycles. The van der Waals surface area contributed by atoms with Gasteiger partial charge >= 0.3 is 0 Å². The highest BCUT2D eigenvalue weighted by Gasteiger charge is 2.35. The summed E-state index contributed by atoms with van der Waals surface area (Å²) in [7, 11) is 0. The third-order valence-electron chi connectivity index (χ3n) is 5.02. The minimum absolute atomic E-state index is 0.414. The molecule has 2 nitrogen and oxygen atoms in total. The Balaban J connectivity index is 1.65. The van der Waals surface area contributed by atoms with Crippen molar-refractivity contribution in [3.63, 3.8) is 0 Å². The number of nitrogens with one attached hydrogen (secondary N) is 2. The molecule has 1 saturated heterocycles. The van der Waals surface area contributed by atoms with Crippen LogP contribution in [0.25, 0.3) is 0 Å². The zero-order valence-corrected chi connectivity index (χ0v) is 13.8. The standard InChI is InChI=1S/C17H25BrN2/c1-12(13-6-2-3-8-15(13)18)20-17-9-4-7-14(17)16-10-5-11-19-16/h2-3,6,8,12,14,16-17,19-20H,4-5,7,9-11H2,1H3/t12-,14?,16?,17?/m1/s1. The van der Waals surface area contributed by atoms with E-state index in [1.54, 1.807) is 0 Å². The van der Waals surface area contributed by atoms with E-state index in [4.69, 9.17) is 0 Å². The molecule has 1 aromatic rings. The zero-order valence-electron chi connectivity index (χ0n) is 12.2. The van der Waals surface area contributed by atoms with E-state index in [1.165, 1.54) is 48.7 Å². The molecule has 110 valence electrons. The number of hydrogen-bond acceptors (Lipinski definition) is 2. The van der Waals surface area contributed by atoms with Crippen molar-refractivity contribution in [3.05, 3.63) is 34.3 Å². The van der Waals surface area contributed by atoms with Crippen LogP contribution >= 0.6 is 15.9 Å². The van der Waals surface area contributed by atoms with Gasteiger partial charge in [0.1, 0.15) is 0 Å². The molecule has 3 rings (SSSR count). The monoisotopic (exact) mass is 336 g/mol. The van der Waals surface area contributed by atoms with Gasteiger partial charge in [-0.1, -0.05) is 40.5 Å². The van der Waals surface area contributed by atoms with Gasteiger partial charge in [0.25, 0.3) is 0 Å². The first-order valence-electron chi connectivity index (χ1n) is 7.99. The molecule has 1 aliphatic carbocycles. The predicted octanol–water partition coefficient (Wildman–Crippen LogP) is 4.02. The van der Waals surface area contributed by atoms with Gasteiger partial charge in [-0.3, -0.25) is 0 Å². The first-order chi connectivity index (χ1) is 9.75. The molecule has 1 aliphatic heterocycles. The predicted molar refractivity (Wildman–Crippen MR) is 87.8 cm³/mol. The SMILES string of the molecule is C[C@@H](NC1CCCC1C1CCCN1)c1ccccc1Br. The number of halogens is 1. The molecule has 4 atom stereocenters. The summed E-state index contributed by atoms with van der Waals surface area (Å²) in [6, 6.07) is 10.4. The van der Waals surface area contributed by atoms with Gasteiger partial charge in [0.2, 0.25) is 0 Å². The van der Waals surface area contributed by atoms with Crippen LogP contribution in [-0.2, 0) is 0 Å². The van der Waals surface area contributed by atoms with Crippen LogP contribution < -0.4 is 10.6 Å². The van der Waals surface area contributed by atoms with Crippen molar-refractivity contribution in [2.75, 3.05) is 6.54 Å². The second-order valence-electron chi connectivity index (χ2n) is 6.31. The molecular weight excluding hydrogens is 312 g/mol. The van der Waals surface area contributed by atoms with Gasteiger partial charge in [-0.25, -0.2) is 0 Å². The second kappa shape index (κ2) is 6.59. The third-order valence-corrected chi connectivity index (χ3v) is 5.74. The van der Waals surface area contributed by atoms with Crippen LogP contribution in [0.1, 0.15) is 50.6 Å². The van der Waals surface area contributed by atoms with Gasteiger partial charge in [-0.2, -0.15) is 0 Å². The highest BCUT2D eigenvalue weighted by molar-refractivity contribution is 9.10. The van der Waals surface area contributed by atoms with Crippen LogP contribution in [0.2, 0.25) is 0 Å². The fraction of sp³-hybridized carbons (Fsp3) is 0.647. The molecule has 1 heterocycles. The van der Waals surface area contributed by atoms with Crippen molar-refractivity contribution in [1.82, 2.24) is 10.6 Å². The number of hydrogen-bond donors (Lipinski definition) is 2. The molecule has 0 amide bonds. The lowest BCUT2D eigenvalue weighted by molar-refractivity contribution is 0.303. The molecule has 0 spiro atoms. The van der Waals surface area contributed by atoms with Crippen molar-refractivity contribution in [1.29, 1.82) is 0 Å². The molecule has 0 bridgehead atoms. The Kier molecular flexibility index (Phi) is 4.79. The molecule has 3 unspecified atom stereocenters.